The summed E-state index contributed by atoms with van der Waals surface area (Å²) in [4.78, 5) is 27.6. The Morgan fingerprint density at radius 3 is 2.42 bits per heavy atom. The van der Waals surface area contributed by atoms with Gasteiger partial charge >= 0.3 is 0 Å². The van der Waals surface area contributed by atoms with E-state index in [2.05, 4.69) is 0 Å². The van der Waals surface area contributed by atoms with Gasteiger partial charge in [-0.1, -0.05) is 54.1 Å². The molecule has 33 heavy (non-hydrogen) atoms. The van der Waals surface area contributed by atoms with Gasteiger partial charge in [0.25, 0.3) is 11.7 Å². The summed E-state index contributed by atoms with van der Waals surface area (Å²) in [6, 6.07) is 18.9. The van der Waals surface area contributed by atoms with Gasteiger partial charge < -0.3 is 14.7 Å². The predicted octanol–water partition coefficient (Wildman–Crippen LogP) is 5.15. The van der Waals surface area contributed by atoms with E-state index in [0.717, 1.165) is 5.56 Å². The van der Waals surface area contributed by atoms with E-state index in [1.807, 2.05) is 6.07 Å². The Morgan fingerprint density at radius 2 is 1.76 bits per heavy atom. The van der Waals surface area contributed by atoms with Gasteiger partial charge in [0.15, 0.2) is 0 Å². The number of amides is 1. The molecule has 4 rings (SSSR count). The average Bonchev–Trinajstić information content (AvgIpc) is 3.08. The van der Waals surface area contributed by atoms with Gasteiger partial charge in [0.2, 0.25) is 0 Å². The molecule has 1 aliphatic rings. The summed E-state index contributed by atoms with van der Waals surface area (Å²) in [5.41, 5.74) is 1.69. The second kappa shape index (κ2) is 9.46. The van der Waals surface area contributed by atoms with Crippen molar-refractivity contribution in [3.63, 3.8) is 0 Å². The van der Waals surface area contributed by atoms with E-state index in [0.29, 0.717) is 22.8 Å². The number of halogens is 2. The third-order valence-electron chi connectivity index (χ3n) is 5.63. The molecule has 3 aromatic carbocycles. The molecule has 7 heteroatoms. The number of aliphatic hydroxyl groups excluding tert-OH is 1. The monoisotopic (exact) mass is 465 g/mol. The molecule has 1 heterocycles. The summed E-state index contributed by atoms with van der Waals surface area (Å²) >= 11 is 6.12. The van der Waals surface area contributed by atoms with Crippen molar-refractivity contribution in [2.75, 3.05) is 13.7 Å². The highest BCUT2D eigenvalue weighted by Crippen LogP contribution is 2.41. The number of ether oxygens (including phenoxy) is 1. The zero-order valence-electron chi connectivity index (χ0n) is 17.8. The molecule has 1 amide bonds. The Labute approximate surface area is 195 Å². The number of carbonyl (C=O) groups excluding carboxylic acids is 2. The number of aliphatic hydroxyl groups is 1. The molecule has 1 saturated heterocycles. The second-order valence-corrected chi connectivity index (χ2v) is 8.06. The van der Waals surface area contributed by atoms with Crippen LogP contribution in [0.2, 0.25) is 5.02 Å². The molecule has 1 fully saturated rings. The van der Waals surface area contributed by atoms with Gasteiger partial charge in [0.05, 0.1) is 24.3 Å². The van der Waals surface area contributed by atoms with E-state index >= 15 is 0 Å². The van der Waals surface area contributed by atoms with Gasteiger partial charge in [-0.25, -0.2) is 4.39 Å². The third kappa shape index (κ3) is 4.47. The maximum absolute atomic E-state index is 13.3. The van der Waals surface area contributed by atoms with E-state index < -0.39 is 17.7 Å². The van der Waals surface area contributed by atoms with Crippen molar-refractivity contribution >= 4 is 29.1 Å². The Kier molecular flexibility index (Phi) is 6.47. The van der Waals surface area contributed by atoms with Crippen molar-refractivity contribution in [2.45, 2.75) is 12.5 Å². The largest absolute Gasteiger partial charge is 0.507 e. The van der Waals surface area contributed by atoms with E-state index in [1.54, 1.807) is 48.5 Å². The van der Waals surface area contributed by atoms with Crippen molar-refractivity contribution in [3.8, 4) is 5.75 Å². The molecule has 1 N–H and O–H groups in total. The maximum atomic E-state index is 13.3. The Bertz CT molecular complexity index is 1220. The number of carbonyl (C=O) groups is 2. The Hall–Kier alpha value is -3.64. The van der Waals surface area contributed by atoms with Crippen molar-refractivity contribution in [2.24, 2.45) is 0 Å². The predicted molar refractivity (Wildman–Crippen MR) is 124 cm³/mol. The molecule has 0 saturated carbocycles. The number of hydrogen-bond acceptors (Lipinski definition) is 4. The summed E-state index contributed by atoms with van der Waals surface area (Å²) < 4.78 is 18.6. The molecular weight excluding hydrogens is 445 g/mol. The summed E-state index contributed by atoms with van der Waals surface area (Å²) in [6.07, 6.45) is 0.414. The highest BCUT2D eigenvalue weighted by atomic mass is 35.5. The van der Waals surface area contributed by atoms with Crippen LogP contribution in [-0.2, 0) is 16.0 Å². The molecule has 3 aromatic rings. The fourth-order valence-electron chi connectivity index (χ4n) is 4.00. The lowest BCUT2D eigenvalue weighted by Gasteiger charge is -2.25. The molecule has 0 aliphatic carbocycles. The number of benzene rings is 3. The van der Waals surface area contributed by atoms with Gasteiger partial charge in [0, 0.05) is 11.6 Å². The first-order valence-corrected chi connectivity index (χ1v) is 10.7. The summed E-state index contributed by atoms with van der Waals surface area (Å²) in [7, 11) is 1.44. The van der Waals surface area contributed by atoms with E-state index in [9.17, 15) is 19.1 Å². The summed E-state index contributed by atoms with van der Waals surface area (Å²) in [6.45, 7) is 0.208. The molecular formula is C26H21ClFNO4. The lowest BCUT2D eigenvalue weighted by molar-refractivity contribution is -0.139. The van der Waals surface area contributed by atoms with Crippen molar-refractivity contribution in [1.82, 2.24) is 4.90 Å². The number of ketones is 1. The number of methoxy groups -OCH3 is 1. The first-order valence-electron chi connectivity index (χ1n) is 10.3. The Morgan fingerprint density at radius 1 is 1.06 bits per heavy atom. The molecule has 1 aliphatic heterocycles. The minimum absolute atomic E-state index is 0.0362. The molecule has 0 spiro atoms. The van der Waals surface area contributed by atoms with E-state index in [4.69, 9.17) is 16.3 Å². The van der Waals surface area contributed by atoms with Gasteiger partial charge in [-0.2, -0.15) is 0 Å². The summed E-state index contributed by atoms with van der Waals surface area (Å²) in [5.74, 6) is -1.89. The first-order chi connectivity index (χ1) is 15.9. The smallest absolute Gasteiger partial charge is 0.295 e. The molecule has 168 valence electrons. The quantitative estimate of drug-likeness (QED) is 0.310. The van der Waals surface area contributed by atoms with Crippen LogP contribution in [0.5, 0.6) is 5.75 Å². The number of nitrogens with zero attached hydrogens (tertiary/aromatic N) is 1. The van der Waals surface area contributed by atoms with Crippen LogP contribution in [-0.4, -0.2) is 35.4 Å². The van der Waals surface area contributed by atoms with Crippen molar-refractivity contribution < 1.29 is 23.8 Å². The normalized spacial score (nSPS) is 17.4. The minimum atomic E-state index is -0.796. The van der Waals surface area contributed by atoms with Crippen LogP contribution < -0.4 is 4.74 Å². The van der Waals surface area contributed by atoms with Crippen molar-refractivity contribution in [1.29, 1.82) is 0 Å². The molecule has 1 atom stereocenters. The SMILES string of the molecule is COc1ccc(Cl)cc1/C(O)=C1\C(=O)C(=O)N(CCc2ccc(F)cc2)C1c1ccccc1. The average molecular weight is 466 g/mol. The molecule has 0 radical (unpaired) electrons. The zero-order valence-corrected chi connectivity index (χ0v) is 18.6. The van der Waals surface area contributed by atoms with Crippen LogP contribution in [0.3, 0.4) is 0 Å². The zero-order chi connectivity index (χ0) is 23.5. The van der Waals surface area contributed by atoms with Crippen LogP contribution in [0.15, 0.2) is 78.4 Å². The van der Waals surface area contributed by atoms with Crippen LogP contribution in [0.1, 0.15) is 22.7 Å². The Balaban J connectivity index is 1.80. The van der Waals surface area contributed by atoms with Crippen molar-refractivity contribution in [3.05, 3.63) is 106 Å². The number of Topliss-reactive ketones (excluding diaryl/α,β-unsaturated/α-hetero) is 1. The van der Waals surface area contributed by atoms with Crippen LogP contribution in [0.25, 0.3) is 5.76 Å². The van der Waals surface area contributed by atoms with Crippen LogP contribution >= 0.6 is 11.6 Å². The van der Waals surface area contributed by atoms with Crippen LogP contribution in [0, 0.1) is 5.82 Å². The van der Waals surface area contributed by atoms with E-state index in [-0.39, 0.29) is 29.3 Å². The maximum Gasteiger partial charge on any atom is 0.295 e. The lowest BCUT2D eigenvalue weighted by Crippen LogP contribution is -2.31. The minimum Gasteiger partial charge on any atom is -0.507 e. The molecule has 0 bridgehead atoms. The first kappa shape index (κ1) is 22.6. The second-order valence-electron chi connectivity index (χ2n) is 7.62. The fourth-order valence-corrected chi connectivity index (χ4v) is 4.18. The number of rotatable bonds is 6. The van der Waals surface area contributed by atoms with Gasteiger partial charge in [0.1, 0.15) is 17.3 Å². The van der Waals surface area contributed by atoms with Crippen LogP contribution in [0.4, 0.5) is 4.39 Å². The standard InChI is InChI=1S/C26H21ClFNO4/c1-33-21-12-9-18(27)15-20(21)24(30)22-23(17-5-3-2-4-6-17)29(26(32)25(22)31)14-13-16-7-10-19(28)11-8-16/h2-12,15,23,30H,13-14H2,1H3/b24-22+. The molecule has 5 nitrogen and oxygen atoms in total. The van der Waals surface area contributed by atoms with Gasteiger partial charge in [-0.05, 0) is 47.9 Å². The molecule has 1 unspecified atom stereocenters. The van der Waals surface area contributed by atoms with Gasteiger partial charge in [-0.15, -0.1) is 0 Å². The highest BCUT2D eigenvalue weighted by molar-refractivity contribution is 6.46. The molecule has 0 aromatic heterocycles. The number of likely N-dealkylation sites (tertiary alicyclic amines) is 1. The van der Waals surface area contributed by atoms with E-state index in [1.165, 1.54) is 30.2 Å². The van der Waals surface area contributed by atoms with Gasteiger partial charge in [-0.3, -0.25) is 9.59 Å². The topological polar surface area (TPSA) is 66.8 Å². The lowest BCUT2D eigenvalue weighted by atomic mass is 9.95. The summed E-state index contributed by atoms with van der Waals surface area (Å²) in [5, 5.41) is 11.6. The fraction of sp³-hybridized carbons (Fsp3) is 0.154. The third-order valence-corrected chi connectivity index (χ3v) is 5.86. The number of hydrogen-bond donors (Lipinski definition) is 1. The highest BCUT2D eigenvalue weighted by Gasteiger charge is 2.46.